The fraction of sp³-hybridized carbons (Fsp3) is 0.558. The number of hydroxylamine groups is 2. The molecule has 16 nitrogen and oxygen atoms in total. The van der Waals surface area contributed by atoms with Gasteiger partial charge in [-0.15, -0.1) is 0 Å². The lowest BCUT2D eigenvalue weighted by Crippen LogP contribution is -2.71. The first-order chi connectivity index (χ1) is 29.2. The van der Waals surface area contributed by atoms with Crippen LogP contribution >= 0.6 is 0 Å². The van der Waals surface area contributed by atoms with Gasteiger partial charge in [-0.05, 0) is 62.4 Å². The van der Waals surface area contributed by atoms with Crippen molar-refractivity contribution in [2.45, 2.75) is 133 Å². The zero-order valence-corrected chi connectivity index (χ0v) is 34.5. The van der Waals surface area contributed by atoms with Gasteiger partial charge in [-0.25, -0.2) is 4.79 Å². The second-order valence-electron chi connectivity index (χ2n) is 17.4. The van der Waals surface area contributed by atoms with Gasteiger partial charge in [0.05, 0.1) is 25.3 Å². The van der Waals surface area contributed by atoms with Gasteiger partial charge in [-0.1, -0.05) is 48.5 Å². The molecule has 9 atom stereocenters. The minimum absolute atomic E-state index is 0.0144. The molecule has 4 fully saturated rings. The van der Waals surface area contributed by atoms with Gasteiger partial charge in [-0.3, -0.25) is 24.0 Å². The summed E-state index contributed by atoms with van der Waals surface area (Å²) < 4.78 is 67.1. The van der Waals surface area contributed by atoms with E-state index in [9.17, 15) is 42.6 Å². The van der Waals surface area contributed by atoms with Crippen LogP contribution in [0, 0.1) is 5.41 Å². The summed E-state index contributed by atoms with van der Waals surface area (Å²) in [5, 5.41) is 27.5. The quantitative estimate of drug-likeness (QED) is 0.122. The number of benzene rings is 2. The van der Waals surface area contributed by atoms with Crippen LogP contribution in [0.3, 0.4) is 0 Å². The van der Waals surface area contributed by atoms with Crippen LogP contribution in [0.15, 0.2) is 54.6 Å². The molecule has 0 unspecified atom stereocenters. The van der Waals surface area contributed by atoms with Crippen molar-refractivity contribution in [3.63, 3.8) is 0 Å². The Labute approximate surface area is 354 Å². The van der Waals surface area contributed by atoms with Gasteiger partial charge in [0, 0.05) is 31.8 Å². The standard InChI is InChI=1S/C43H50F3N3O13/c1-23(51)32(37(54)47-28(21-50)14-16-31(53)59-40(2,3)4)48-39(56)42-19-29-33-34(61-41(60-33)17-25-10-6-7-11-26(25)18-41)36(42)62-49(35(42)38(55)58-29)20-27-12-8-5-9-24(27)13-15-30(52)57-22-43(44,45)46/h5-13,15,23,28-29,32-36,50-51H,14,16-22H2,1-4H3,(H,47,54)(H,48,56)/t23-,28-,29+,32+,33-,34-,35-,36+,42-/m0/s1. The highest BCUT2D eigenvalue weighted by atomic mass is 19.4. The van der Waals surface area contributed by atoms with Gasteiger partial charge in [0.25, 0.3) is 0 Å². The largest absolute Gasteiger partial charge is 0.460 e. The van der Waals surface area contributed by atoms with E-state index in [4.69, 9.17) is 23.8 Å². The molecule has 2 amide bonds. The number of aliphatic hydroxyl groups is 2. The number of amides is 2. The van der Waals surface area contributed by atoms with Crippen LogP contribution in [-0.4, -0.2) is 124 Å². The van der Waals surface area contributed by atoms with Gasteiger partial charge in [0.1, 0.15) is 41.5 Å². The molecule has 336 valence electrons. The van der Waals surface area contributed by atoms with Crippen LogP contribution < -0.4 is 10.6 Å². The maximum absolute atomic E-state index is 15.0. The number of esters is 3. The Kier molecular flexibility index (Phi) is 12.6. The highest BCUT2D eigenvalue weighted by Gasteiger charge is 2.76. The van der Waals surface area contributed by atoms with E-state index < -0.39 is 115 Å². The number of aliphatic hydroxyl groups excluding tert-OH is 2. The van der Waals surface area contributed by atoms with Crippen molar-refractivity contribution in [2.75, 3.05) is 13.2 Å². The molecule has 3 saturated heterocycles. The predicted molar refractivity (Wildman–Crippen MR) is 208 cm³/mol. The summed E-state index contributed by atoms with van der Waals surface area (Å²) in [7, 11) is 0. The predicted octanol–water partition coefficient (Wildman–Crippen LogP) is 2.35. The normalized spacial score (nSPS) is 27.5. The lowest BCUT2D eigenvalue weighted by Gasteiger charge is -2.49. The molecule has 3 aliphatic heterocycles. The average Bonchev–Trinajstić information content (AvgIpc) is 3.87. The molecule has 1 saturated carbocycles. The van der Waals surface area contributed by atoms with Crippen molar-refractivity contribution in [3.05, 3.63) is 76.9 Å². The number of nitrogens with one attached hydrogen (secondary N) is 2. The van der Waals surface area contributed by atoms with Crippen molar-refractivity contribution >= 4 is 35.8 Å². The summed E-state index contributed by atoms with van der Waals surface area (Å²) in [6.07, 6.45) is -7.78. The molecule has 2 aliphatic carbocycles. The van der Waals surface area contributed by atoms with Crippen LogP contribution in [-0.2, 0) is 71.9 Å². The molecule has 3 heterocycles. The first-order valence-electron chi connectivity index (χ1n) is 20.4. The molecule has 19 heteroatoms. The van der Waals surface area contributed by atoms with Gasteiger partial charge in [0.15, 0.2) is 18.4 Å². The monoisotopic (exact) mass is 873 g/mol. The molecule has 4 N–H and O–H groups in total. The molecule has 2 aromatic carbocycles. The summed E-state index contributed by atoms with van der Waals surface area (Å²) in [4.78, 5) is 74.2. The summed E-state index contributed by atoms with van der Waals surface area (Å²) in [5.41, 5.74) is 0.212. The number of alkyl halides is 3. The maximum Gasteiger partial charge on any atom is 0.422 e. The van der Waals surface area contributed by atoms with E-state index >= 15 is 4.79 Å². The first kappa shape index (κ1) is 45.1. The Morgan fingerprint density at radius 1 is 1.00 bits per heavy atom. The van der Waals surface area contributed by atoms with E-state index in [0.29, 0.717) is 24.0 Å². The minimum atomic E-state index is -4.72. The number of carbonyl (C=O) groups is 5. The third kappa shape index (κ3) is 9.38. The number of rotatable bonds is 14. The van der Waals surface area contributed by atoms with Crippen LogP contribution in [0.4, 0.5) is 13.2 Å². The molecule has 62 heavy (non-hydrogen) atoms. The molecule has 2 aromatic rings. The molecular formula is C43H50F3N3O13. The second kappa shape index (κ2) is 17.3. The third-order valence-corrected chi connectivity index (χ3v) is 11.6. The van der Waals surface area contributed by atoms with E-state index in [-0.39, 0.29) is 25.8 Å². The number of ether oxygens (including phenoxy) is 5. The van der Waals surface area contributed by atoms with Crippen LogP contribution in [0.5, 0.6) is 0 Å². The lowest BCUT2D eigenvalue weighted by atomic mass is 9.62. The highest BCUT2D eigenvalue weighted by Crippen LogP contribution is 2.58. The van der Waals surface area contributed by atoms with Crippen molar-refractivity contribution in [1.29, 1.82) is 0 Å². The topological polar surface area (TPSA) is 208 Å². The van der Waals surface area contributed by atoms with Crippen LogP contribution in [0.25, 0.3) is 6.08 Å². The highest BCUT2D eigenvalue weighted by molar-refractivity contribution is 5.96. The van der Waals surface area contributed by atoms with E-state index in [1.165, 1.54) is 18.1 Å². The second-order valence-corrected chi connectivity index (χ2v) is 17.4. The number of carbonyl (C=O) groups excluding carboxylic acids is 5. The van der Waals surface area contributed by atoms with Crippen molar-refractivity contribution < 1.29 is 75.9 Å². The SMILES string of the molecule is C[C@H](O)[C@@H](NC(=O)[C@@]12C[C@H]3OC(=O)[C@@H]1N(Cc1ccccc1C=CC(=O)OCC(F)(F)F)O[C@@H]2[C@H]1OC2(Cc4ccccc4C2)O[C@H]13)C(=O)N[C@H](CO)CCC(=O)OC(C)(C)C. The van der Waals surface area contributed by atoms with E-state index in [1.54, 1.807) is 45.0 Å². The molecule has 0 aromatic heterocycles. The molecule has 5 aliphatic rings. The summed E-state index contributed by atoms with van der Waals surface area (Å²) in [6, 6.07) is 10.2. The van der Waals surface area contributed by atoms with E-state index in [0.717, 1.165) is 17.2 Å². The van der Waals surface area contributed by atoms with Gasteiger partial charge in [-0.2, -0.15) is 18.2 Å². The summed E-state index contributed by atoms with van der Waals surface area (Å²) in [5.74, 6) is -5.53. The zero-order valence-electron chi connectivity index (χ0n) is 34.5. The number of hydrogen-bond donors (Lipinski definition) is 4. The summed E-state index contributed by atoms with van der Waals surface area (Å²) in [6.45, 7) is 3.82. The molecule has 1 spiro atoms. The smallest absolute Gasteiger partial charge is 0.422 e. The number of halogens is 3. The zero-order chi connectivity index (χ0) is 44.8. The fourth-order valence-corrected chi connectivity index (χ4v) is 8.99. The summed E-state index contributed by atoms with van der Waals surface area (Å²) >= 11 is 0. The van der Waals surface area contributed by atoms with Crippen LogP contribution in [0.1, 0.15) is 69.2 Å². The molecule has 2 bridgehead atoms. The fourth-order valence-electron chi connectivity index (χ4n) is 8.99. The van der Waals surface area contributed by atoms with E-state index in [1.807, 2.05) is 24.3 Å². The van der Waals surface area contributed by atoms with Crippen molar-refractivity contribution in [3.8, 4) is 0 Å². The Morgan fingerprint density at radius 3 is 2.31 bits per heavy atom. The van der Waals surface area contributed by atoms with Crippen LogP contribution in [0.2, 0.25) is 0 Å². The lowest BCUT2D eigenvalue weighted by molar-refractivity contribution is -0.217. The number of hydrogen-bond acceptors (Lipinski definition) is 14. The maximum atomic E-state index is 15.0. The average molecular weight is 874 g/mol. The van der Waals surface area contributed by atoms with Gasteiger partial charge >= 0.3 is 24.1 Å². The number of nitrogens with zero attached hydrogens (tertiary/aromatic N) is 1. The van der Waals surface area contributed by atoms with Gasteiger partial charge in [0.2, 0.25) is 11.8 Å². The Bertz CT molecular complexity index is 2060. The third-order valence-electron chi connectivity index (χ3n) is 11.6. The minimum Gasteiger partial charge on any atom is -0.460 e. The van der Waals surface area contributed by atoms with E-state index in [2.05, 4.69) is 15.4 Å². The molecule has 0 radical (unpaired) electrons. The Balaban J connectivity index is 1.17. The molecule has 7 rings (SSSR count). The Morgan fingerprint density at radius 2 is 1.66 bits per heavy atom. The van der Waals surface area contributed by atoms with Gasteiger partial charge < -0.3 is 44.5 Å². The first-order valence-corrected chi connectivity index (χ1v) is 20.4. The Hall–Kier alpha value is -4.92. The van der Waals surface area contributed by atoms with Crippen molar-refractivity contribution in [2.24, 2.45) is 5.41 Å². The van der Waals surface area contributed by atoms with Crippen molar-refractivity contribution in [1.82, 2.24) is 15.7 Å². The number of fused-ring (bicyclic) bond motifs is 5. The molecular weight excluding hydrogens is 823 g/mol.